The van der Waals surface area contributed by atoms with Crippen molar-refractivity contribution >= 4 is 17.8 Å². The van der Waals surface area contributed by atoms with Crippen LogP contribution in [-0.4, -0.2) is 38.6 Å². The van der Waals surface area contributed by atoms with Gasteiger partial charge in [0, 0.05) is 37.5 Å². The summed E-state index contributed by atoms with van der Waals surface area (Å²) in [5.41, 5.74) is 0. The molecule has 0 atom stereocenters. The zero-order valence-electron chi connectivity index (χ0n) is 10.6. The number of ether oxygens (including phenoxy) is 1. The van der Waals surface area contributed by atoms with Crippen molar-refractivity contribution in [3.63, 3.8) is 0 Å². The molecule has 0 bridgehead atoms. The van der Waals surface area contributed by atoms with Crippen LogP contribution < -0.4 is 10.6 Å². The lowest BCUT2D eigenvalue weighted by Crippen LogP contribution is -2.37. The molecule has 5 heteroatoms. The lowest BCUT2D eigenvalue weighted by Gasteiger charge is -2.07. The Kier molecular flexibility index (Phi) is 8.08. The summed E-state index contributed by atoms with van der Waals surface area (Å²) in [6.45, 7) is 1.98. The first kappa shape index (κ1) is 14.9. The highest BCUT2D eigenvalue weighted by molar-refractivity contribution is 7.99. The molecule has 1 aromatic carbocycles. The number of amides is 2. The molecule has 0 fully saturated rings. The molecular weight excluding hydrogens is 248 g/mol. The third-order valence-electron chi connectivity index (χ3n) is 2.21. The Balaban J connectivity index is 1.99. The second-order valence-electron chi connectivity index (χ2n) is 3.69. The lowest BCUT2D eigenvalue weighted by molar-refractivity contribution is 0.193. The molecule has 0 aliphatic heterocycles. The SMILES string of the molecule is COCCCNC(=O)NCCSc1ccccc1. The fraction of sp³-hybridized carbons (Fsp3) is 0.462. The van der Waals surface area contributed by atoms with E-state index in [0.717, 1.165) is 12.2 Å². The van der Waals surface area contributed by atoms with E-state index in [1.165, 1.54) is 4.90 Å². The van der Waals surface area contributed by atoms with Gasteiger partial charge in [0.25, 0.3) is 0 Å². The number of hydrogen-bond acceptors (Lipinski definition) is 3. The smallest absolute Gasteiger partial charge is 0.314 e. The second-order valence-corrected chi connectivity index (χ2v) is 4.86. The highest BCUT2D eigenvalue weighted by atomic mass is 32.2. The van der Waals surface area contributed by atoms with Crippen molar-refractivity contribution in [3.8, 4) is 0 Å². The molecule has 0 unspecified atom stereocenters. The predicted molar refractivity (Wildman–Crippen MR) is 75.1 cm³/mol. The van der Waals surface area contributed by atoms with E-state index in [0.29, 0.717) is 19.7 Å². The molecule has 0 radical (unpaired) electrons. The number of benzene rings is 1. The van der Waals surface area contributed by atoms with Crippen LogP contribution in [0.3, 0.4) is 0 Å². The van der Waals surface area contributed by atoms with Crippen LogP contribution in [0.1, 0.15) is 6.42 Å². The van der Waals surface area contributed by atoms with Crippen LogP contribution in [0.2, 0.25) is 0 Å². The van der Waals surface area contributed by atoms with Crippen molar-refractivity contribution in [2.45, 2.75) is 11.3 Å². The number of hydrogen-bond donors (Lipinski definition) is 2. The zero-order chi connectivity index (χ0) is 13.1. The van der Waals surface area contributed by atoms with Crippen LogP contribution in [-0.2, 0) is 4.74 Å². The van der Waals surface area contributed by atoms with E-state index >= 15 is 0 Å². The van der Waals surface area contributed by atoms with Gasteiger partial charge in [-0.3, -0.25) is 0 Å². The molecule has 0 heterocycles. The molecule has 1 aromatic rings. The van der Waals surface area contributed by atoms with Gasteiger partial charge in [0.15, 0.2) is 0 Å². The first-order valence-electron chi connectivity index (χ1n) is 6.01. The molecule has 4 nitrogen and oxygen atoms in total. The Morgan fingerprint density at radius 1 is 1.22 bits per heavy atom. The number of carbonyl (C=O) groups excluding carboxylic acids is 1. The van der Waals surface area contributed by atoms with Crippen molar-refractivity contribution in [2.75, 3.05) is 32.6 Å². The number of urea groups is 1. The van der Waals surface area contributed by atoms with Crippen molar-refractivity contribution in [3.05, 3.63) is 30.3 Å². The Bertz CT molecular complexity index is 333. The zero-order valence-corrected chi connectivity index (χ0v) is 11.5. The molecule has 0 spiro atoms. The van der Waals surface area contributed by atoms with Gasteiger partial charge in [0.05, 0.1) is 0 Å². The molecule has 2 amide bonds. The van der Waals surface area contributed by atoms with Crippen molar-refractivity contribution < 1.29 is 9.53 Å². The highest BCUT2D eigenvalue weighted by Gasteiger charge is 1.98. The molecule has 0 aromatic heterocycles. The first-order chi connectivity index (χ1) is 8.83. The van der Waals surface area contributed by atoms with Crippen molar-refractivity contribution in [1.82, 2.24) is 10.6 Å². The van der Waals surface area contributed by atoms with Crippen LogP contribution >= 0.6 is 11.8 Å². The topological polar surface area (TPSA) is 50.4 Å². The average Bonchev–Trinajstić information content (AvgIpc) is 2.41. The molecule has 0 saturated carbocycles. The molecule has 1 rings (SSSR count). The van der Waals surface area contributed by atoms with Crippen LogP contribution in [0.25, 0.3) is 0 Å². The van der Waals surface area contributed by atoms with Gasteiger partial charge < -0.3 is 15.4 Å². The fourth-order valence-electron chi connectivity index (χ4n) is 1.33. The van der Waals surface area contributed by atoms with Gasteiger partial charge in [-0.1, -0.05) is 18.2 Å². The number of nitrogens with one attached hydrogen (secondary N) is 2. The normalized spacial score (nSPS) is 10.1. The van der Waals surface area contributed by atoms with E-state index in [4.69, 9.17) is 4.74 Å². The highest BCUT2D eigenvalue weighted by Crippen LogP contribution is 2.15. The number of thioether (sulfide) groups is 1. The quantitative estimate of drug-likeness (QED) is 0.561. The molecule has 2 N–H and O–H groups in total. The summed E-state index contributed by atoms with van der Waals surface area (Å²) in [7, 11) is 1.65. The number of rotatable bonds is 8. The van der Waals surface area contributed by atoms with Crippen LogP contribution in [0, 0.1) is 0 Å². The van der Waals surface area contributed by atoms with E-state index in [1.54, 1.807) is 18.9 Å². The molecule has 0 aliphatic rings. The minimum Gasteiger partial charge on any atom is -0.385 e. The monoisotopic (exact) mass is 268 g/mol. The summed E-state index contributed by atoms with van der Waals surface area (Å²) in [5, 5.41) is 5.59. The van der Waals surface area contributed by atoms with E-state index in [1.807, 2.05) is 18.2 Å². The molecule has 0 aliphatic carbocycles. The van der Waals surface area contributed by atoms with Gasteiger partial charge in [0.2, 0.25) is 0 Å². The Hall–Kier alpha value is -1.20. The third-order valence-corrected chi connectivity index (χ3v) is 3.22. The van der Waals surface area contributed by atoms with Crippen LogP contribution in [0.4, 0.5) is 4.79 Å². The van der Waals surface area contributed by atoms with Gasteiger partial charge in [-0.15, -0.1) is 11.8 Å². The minimum absolute atomic E-state index is 0.111. The Labute approximate surface area is 112 Å². The average molecular weight is 268 g/mol. The van der Waals surface area contributed by atoms with Crippen LogP contribution in [0.15, 0.2) is 35.2 Å². The van der Waals surface area contributed by atoms with E-state index in [-0.39, 0.29) is 6.03 Å². The minimum atomic E-state index is -0.111. The number of methoxy groups -OCH3 is 1. The van der Waals surface area contributed by atoms with Gasteiger partial charge in [-0.05, 0) is 18.6 Å². The lowest BCUT2D eigenvalue weighted by atomic mass is 10.4. The summed E-state index contributed by atoms with van der Waals surface area (Å²) < 4.78 is 4.90. The summed E-state index contributed by atoms with van der Waals surface area (Å²) in [4.78, 5) is 12.6. The van der Waals surface area contributed by atoms with Crippen molar-refractivity contribution in [2.24, 2.45) is 0 Å². The number of carbonyl (C=O) groups is 1. The van der Waals surface area contributed by atoms with Crippen LogP contribution in [0.5, 0.6) is 0 Å². The standard InChI is InChI=1S/C13H20N2O2S/c1-17-10-5-8-14-13(16)15-9-11-18-12-6-3-2-4-7-12/h2-4,6-7H,5,8-11H2,1H3,(H2,14,15,16). The summed E-state index contributed by atoms with van der Waals surface area (Å²) >= 11 is 1.73. The Morgan fingerprint density at radius 3 is 2.67 bits per heavy atom. The van der Waals surface area contributed by atoms with Crippen molar-refractivity contribution in [1.29, 1.82) is 0 Å². The Morgan fingerprint density at radius 2 is 1.94 bits per heavy atom. The third kappa shape index (κ3) is 7.19. The molecular formula is C13H20N2O2S. The summed E-state index contributed by atoms with van der Waals surface area (Å²) in [5.74, 6) is 0.871. The first-order valence-corrected chi connectivity index (χ1v) is 7.00. The molecule has 100 valence electrons. The van der Waals surface area contributed by atoms with Gasteiger partial charge in [-0.25, -0.2) is 4.79 Å². The molecule has 0 saturated heterocycles. The maximum absolute atomic E-state index is 11.3. The fourth-order valence-corrected chi connectivity index (χ4v) is 2.12. The van der Waals surface area contributed by atoms with E-state index < -0.39 is 0 Å². The van der Waals surface area contributed by atoms with E-state index in [9.17, 15) is 4.79 Å². The maximum atomic E-state index is 11.3. The summed E-state index contributed by atoms with van der Waals surface area (Å²) in [6, 6.07) is 10.0. The van der Waals surface area contributed by atoms with Gasteiger partial charge in [0.1, 0.15) is 0 Å². The van der Waals surface area contributed by atoms with E-state index in [2.05, 4.69) is 22.8 Å². The van der Waals surface area contributed by atoms with Gasteiger partial charge in [-0.2, -0.15) is 0 Å². The maximum Gasteiger partial charge on any atom is 0.314 e. The van der Waals surface area contributed by atoms with Gasteiger partial charge >= 0.3 is 6.03 Å². The predicted octanol–water partition coefficient (Wildman–Crippen LogP) is 2.11. The largest absolute Gasteiger partial charge is 0.385 e. The summed E-state index contributed by atoms with van der Waals surface area (Å²) in [6.07, 6.45) is 0.836. The molecule has 18 heavy (non-hydrogen) atoms. The second kappa shape index (κ2) is 9.79.